The van der Waals surface area contributed by atoms with E-state index in [1.807, 2.05) is 30.3 Å². The quantitative estimate of drug-likeness (QED) is 0.652. The monoisotopic (exact) mass is 406 g/mol. The number of halogens is 3. The predicted octanol–water partition coefficient (Wildman–Crippen LogP) is 4.83. The molecule has 0 aliphatic carbocycles. The zero-order chi connectivity index (χ0) is 18.0. The van der Waals surface area contributed by atoms with E-state index in [9.17, 15) is 13.6 Å². The molecule has 3 aromatic rings. The minimum absolute atomic E-state index is 0.0604. The Labute approximate surface area is 150 Å². The summed E-state index contributed by atoms with van der Waals surface area (Å²) in [5, 5.41) is 12.4. The summed E-state index contributed by atoms with van der Waals surface area (Å²) < 4.78 is 27.5. The number of benzene rings is 2. The van der Waals surface area contributed by atoms with Crippen LogP contribution in [0.1, 0.15) is 17.3 Å². The largest absolute Gasteiger partial charge is 0.465 e. The summed E-state index contributed by atoms with van der Waals surface area (Å²) in [6, 6.07) is 11.6. The smallest absolute Gasteiger partial charge is 0.405 e. The van der Waals surface area contributed by atoms with Crippen molar-refractivity contribution < 1.29 is 18.7 Å². The number of pyridine rings is 1. The number of amides is 1. The van der Waals surface area contributed by atoms with E-state index in [4.69, 9.17) is 5.11 Å². The molecule has 4 nitrogen and oxygen atoms in total. The molecule has 0 saturated carbocycles. The first-order valence-electron chi connectivity index (χ1n) is 7.42. The first-order valence-corrected chi connectivity index (χ1v) is 8.21. The van der Waals surface area contributed by atoms with E-state index in [1.54, 1.807) is 0 Å². The fraction of sp³-hybridized carbons (Fsp3) is 0.111. The molecular weight excluding hydrogens is 394 g/mol. The maximum absolute atomic E-state index is 13.4. The van der Waals surface area contributed by atoms with Crippen molar-refractivity contribution in [1.29, 1.82) is 0 Å². The van der Waals surface area contributed by atoms with Crippen molar-refractivity contribution >= 4 is 32.9 Å². The van der Waals surface area contributed by atoms with Gasteiger partial charge in [-0.05, 0) is 52.2 Å². The molecule has 0 fully saturated rings. The average Bonchev–Trinajstić information content (AvgIpc) is 2.52. The van der Waals surface area contributed by atoms with Gasteiger partial charge >= 0.3 is 6.09 Å². The Kier molecular flexibility index (Phi) is 4.94. The molecule has 128 valence electrons. The van der Waals surface area contributed by atoms with E-state index in [1.165, 1.54) is 12.1 Å². The predicted molar refractivity (Wildman–Crippen MR) is 93.4 cm³/mol. The highest BCUT2D eigenvalue weighted by Crippen LogP contribution is 2.28. The molecule has 0 unspecified atom stereocenters. The van der Waals surface area contributed by atoms with Gasteiger partial charge in [0.15, 0.2) is 0 Å². The number of nitrogens with one attached hydrogen (secondary N) is 1. The van der Waals surface area contributed by atoms with Crippen LogP contribution in [0.15, 0.2) is 53.0 Å². The van der Waals surface area contributed by atoms with Crippen molar-refractivity contribution in [3.63, 3.8) is 0 Å². The lowest BCUT2D eigenvalue weighted by molar-refractivity contribution is 0.189. The molecule has 0 radical (unpaired) electrons. The van der Waals surface area contributed by atoms with Gasteiger partial charge in [0.05, 0.1) is 17.3 Å². The lowest BCUT2D eigenvalue weighted by atomic mass is 10.0. The van der Waals surface area contributed by atoms with Crippen molar-refractivity contribution in [2.45, 2.75) is 12.5 Å². The second kappa shape index (κ2) is 7.14. The second-order valence-corrected chi connectivity index (χ2v) is 6.39. The Hall–Kier alpha value is -2.54. The molecular formula is C18H13BrF2N2O2. The first-order chi connectivity index (χ1) is 11.9. The van der Waals surface area contributed by atoms with Crippen molar-refractivity contribution in [3.8, 4) is 0 Å². The van der Waals surface area contributed by atoms with E-state index in [0.717, 1.165) is 11.5 Å². The summed E-state index contributed by atoms with van der Waals surface area (Å²) in [4.78, 5) is 15.7. The third-order valence-electron chi connectivity index (χ3n) is 3.69. The number of fused-ring (bicyclic) bond motifs is 1. The summed E-state index contributed by atoms with van der Waals surface area (Å²) in [5.41, 5.74) is 1.48. The first kappa shape index (κ1) is 17.3. The van der Waals surface area contributed by atoms with Crippen LogP contribution in [0.5, 0.6) is 0 Å². The molecule has 25 heavy (non-hydrogen) atoms. The minimum Gasteiger partial charge on any atom is -0.465 e. The summed E-state index contributed by atoms with van der Waals surface area (Å²) in [5.74, 6) is -1.43. The van der Waals surface area contributed by atoms with Crippen LogP contribution in [0.25, 0.3) is 10.9 Å². The SMILES string of the molecule is O=C(O)N[C@@H](Cc1cc(F)cc(F)c1)c1nc2ccccc2cc1Br. The molecule has 2 aromatic carbocycles. The van der Waals surface area contributed by atoms with Crippen LogP contribution in [-0.2, 0) is 6.42 Å². The molecule has 1 atom stereocenters. The van der Waals surface area contributed by atoms with Gasteiger partial charge in [0.1, 0.15) is 11.6 Å². The third-order valence-corrected chi connectivity index (χ3v) is 4.33. The number of para-hydroxylation sites is 1. The van der Waals surface area contributed by atoms with Crippen molar-refractivity contribution in [3.05, 3.63) is 75.9 Å². The molecule has 1 aromatic heterocycles. The van der Waals surface area contributed by atoms with Crippen LogP contribution in [0.2, 0.25) is 0 Å². The molecule has 0 aliphatic heterocycles. The molecule has 2 N–H and O–H groups in total. The van der Waals surface area contributed by atoms with E-state index < -0.39 is 23.8 Å². The number of carboxylic acid groups (broad SMARTS) is 1. The zero-order valence-corrected chi connectivity index (χ0v) is 14.4. The number of hydrogen-bond donors (Lipinski definition) is 2. The standard InChI is InChI=1S/C18H13BrF2N2O2/c19-14-8-11-3-1-2-4-15(11)22-17(14)16(23-18(24)25)7-10-5-12(20)9-13(21)6-10/h1-6,8-9,16,23H,7H2,(H,24,25)/t16-/m0/s1. The van der Waals surface area contributed by atoms with Crippen LogP contribution in [-0.4, -0.2) is 16.2 Å². The van der Waals surface area contributed by atoms with Crippen LogP contribution in [0.3, 0.4) is 0 Å². The van der Waals surface area contributed by atoms with Crippen LogP contribution >= 0.6 is 15.9 Å². The fourth-order valence-electron chi connectivity index (χ4n) is 2.68. The molecule has 0 bridgehead atoms. The minimum atomic E-state index is -1.25. The van der Waals surface area contributed by atoms with Gasteiger partial charge in [-0.3, -0.25) is 0 Å². The molecule has 3 rings (SSSR count). The normalized spacial score (nSPS) is 12.1. The Morgan fingerprint density at radius 3 is 2.52 bits per heavy atom. The number of rotatable bonds is 4. The number of nitrogens with zero attached hydrogens (tertiary/aromatic N) is 1. The van der Waals surface area contributed by atoms with Crippen molar-refractivity contribution in [1.82, 2.24) is 10.3 Å². The molecule has 0 spiro atoms. The van der Waals surface area contributed by atoms with E-state index >= 15 is 0 Å². The second-order valence-electron chi connectivity index (χ2n) is 5.53. The molecule has 0 aliphatic rings. The number of aromatic nitrogens is 1. The fourth-order valence-corrected chi connectivity index (χ4v) is 3.29. The highest BCUT2D eigenvalue weighted by Gasteiger charge is 2.20. The average molecular weight is 407 g/mol. The van der Waals surface area contributed by atoms with E-state index in [0.29, 0.717) is 21.2 Å². The topological polar surface area (TPSA) is 62.2 Å². The lowest BCUT2D eigenvalue weighted by Gasteiger charge is -2.19. The summed E-state index contributed by atoms with van der Waals surface area (Å²) in [6.45, 7) is 0. The summed E-state index contributed by atoms with van der Waals surface area (Å²) >= 11 is 3.41. The highest BCUT2D eigenvalue weighted by molar-refractivity contribution is 9.10. The number of carbonyl (C=O) groups is 1. The van der Waals surface area contributed by atoms with Gasteiger partial charge in [-0.2, -0.15) is 0 Å². The van der Waals surface area contributed by atoms with Crippen LogP contribution in [0, 0.1) is 11.6 Å². The Morgan fingerprint density at radius 2 is 1.84 bits per heavy atom. The van der Waals surface area contributed by atoms with E-state index in [-0.39, 0.29) is 6.42 Å². The summed E-state index contributed by atoms with van der Waals surface area (Å²) in [6.07, 6.45) is -1.19. The van der Waals surface area contributed by atoms with Crippen LogP contribution < -0.4 is 5.32 Å². The third kappa shape index (κ3) is 4.11. The van der Waals surface area contributed by atoms with Gasteiger partial charge in [-0.25, -0.2) is 18.6 Å². The Morgan fingerprint density at radius 1 is 1.16 bits per heavy atom. The van der Waals surface area contributed by atoms with Crippen molar-refractivity contribution in [2.24, 2.45) is 0 Å². The van der Waals surface area contributed by atoms with E-state index in [2.05, 4.69) is 26.2 Å². The van der Waals surface area contributed by atoms with Gasteiger partial charge in [-0.1, -0.05) is 18.2 Å². The van der Waals surface area contributed by atoms with Gasteiger partial charge < -0.3 is 10.4 Å². The summed E-state index contributed by atoms with van der Waals surface area (Å²) in [7, 11) is 0. The lowest BCUT2D eigenvalue weighted by Crippen LogP contribution is -2.29. The van der Waals surface area contributed by atoms with Gasteiger partial charge in [0, 0.05) is 15.9 Å². The Bertz CT molecular complexity index is 929. The zero-order valence-electron chi connectivity index (χ0n) is 12.8. The number of hydrogen-bond acceptors (Lipinski definition) is 2. The Balaban J connectivity index is 2.03. The molecule has 0 saturated heterocycles. The highest BCUT2D eigenvalue weighted by atomic mass is 79.9. The van der Waals surface area contributed by atoms with Gasteiger partial charge in [0.2, 0.25) is 0 Å². The molecule has 1 amide bonds. The molecule has 1 heterocycles. The maximum atomic E-state index is 13.4. The molecule has 7 heteroatoms. The van der Waals surface area contributed by atoms with Gasteiger partial charge in [0.25, 0.3) is 0 Å². The van der Waals surface area contributed by atoms with Crippen LogP contribution in [0.4, 0.5) is 13.6 Å². The van der Waals surface area contributed by atoms with Gasteiger partial charge in [-0.15, -0.1) is 0 Å². The van der Waals surface area contributed by atoms with Crippen molar-refractivity contribution in [2.75, 3.05) is 0 Å². The maximum Gasteiger partial charge on any atom is 0.405 e.